The molecular weight excluding hydrogens is 687 g/mol. The summed E-state index contributed by atoms with van der Waals surface area (Å²) in [5.41, 5.74) is 12.0. The van der Waals surface area contributed by atoms with Crippen LogP contribution in [0.4, 0.5) is 0 Å². The van der Waals surface area contributed by atoms with Gasteiger partial charge in [-0.2, -0.15) is 0 Å². The molecule has 0 fully saturated rings. The molecular formula is C51H33N3S. The number of nitrogens with zero attached hydrogens (tertiary/aromatic N) is 3. The molecule has 10 aromatic rings. The van der Waals surface area contributed by atoms with Gasteiger partial charge in [-0.05, 0) is 62.7 Å². The van der Waals surface area contributed by atoms with Crippen LogP contribution in [-0.2, 0) is 0 Å². The Hall–Kier alpha value is -7.01. The van der Waals surface area contributed by atoms with E-state index in [0.717, 1.165) is 44.5 Å². The number of thiophene rings is 1. The van der Waals surface area contributed by atoms with Crippen LogP contribution >= 0.6 is 11.3 Å². The molecule has 0 spiro atoms. The number of hydrogen-bond donors (Lipinski definition) is 0. The van der Waals surface area contributed by atoms with Crippen LogP contribution in [0.3, 0.4) is 0 Å². The molecule has 2 heterocycles. The van der Waals surface area contributed by atoms with Crippen LogP contribution in [0.15, 0.2) is 200 Å². The van der Waals surface area contributed by atoms with Gasteiger partial charge in [-0.15, -0.1) is 11.3 Å². The number of benzene rings is 8. The Balaban J connectivity index is 1.08. The standard InChI is InChI=1S/C51H33N3S/c1-3-14-34(15-4-1)35-28-30-37(31-29-35)49-52-50(54-51(53-49)46-24-8-7-22-42(46)36-16-5-2-6-17-36)41-21-12-19-39(33-41)38-18-11-20-40(32-38)43-25-13-26-45-44-23-9-10-27-47(44)55-48(43)45/h1-33H. The summed E-state index contributed by atoms with van der Waals surface area (Å²) in [7, 11) is 0. The van der Waals surface area contributed by atoms with Crippen molar-refractivity contribution in [2.75, 3.05) is 0 Å². The minimum Gasteiger partial charge on any atom is -0.208 e. The van der Waals surface area contributed by atoms with Crippen LogP contribution in [0.2, 0.25) is 0 Å². The molecule has 3 nitrogen and oxygen atoms in total. The van der Waals surface area contributed by atoms with Crippen LogP contribution in [0.25, 0.3) is 98.8 Å². The van der Waals surface area contributed by atoms with E-state index in [4.69, 9.17) is 15.0 Å². The van der Waals surface area contributed by atoms with Crippen LogP contribution in [0.1, 0.15) is 0 Å². The molecule has 0 aliphatic carbocycles. The Labute approximate surface area is 323 Å². The Morgan fingerprint density at radius 1 is 0.273 bits per heavy atom. The van der Waals surface area contributed by atoms with E-state index in [9.17, 15) is 0 Å². The van der Waals surface area contributed by atoms with E-state index in [2.05, 4.69) is 182 Å². The summed E-state index contributed by atoms with van der Waals surface area (Å²) in [4.78, 5) is 15.5. The Morgan fingerprint density at radius 3 is 1.51 bits per heavy atom. The zero-order valence-electron chi connectivity index (χ0n) is 29.8. The van der Waals surface area contributed by atoms with Gasteiger partial charge in [-0.1, -0.05) is 182 Å². The number of rotatable bonds is 7. The number of fused-ring (bicyclic) bond motifs is 3. The molecule has 0 amide bonds. The molecule has 0 aliphatic heterocycles. The molecule has 0 saturated carbocycles. The molecule has 258 valence electrons. The third kappa shape index (κ3) is 6.29. The van der Waals surface area contributed by atoms with E-state index in [1.165, 1.54) is 36.9 Å². The van der Waals surface area contributed by atoms with E-state index < -0.39 is 0 Å². The first kappa shape index (κ1) is 32.6. The summed E-state index contributed by atoms with van der Waals surface area (Å²) in [6.45, 7) is 0. The average molecular weight is 720 g/mol. The first-order valence-electron chi connectivity index (χ1n) is 18.4. The van der Waals surface area contributed by atoms with E-state index >= 15 is 0 Å². The third-order valence-electron chi connectivity index (χ3n) is 10.2. The van der Waals surface area contributed by atoms with Crippen molar-refractivity contribution in [2.45, 2.75) is 0 Å². The van der Waals surface area contributed by atoms with Crippen molar-refractivity contribution >= 4 is 31.5 Å². The molecule has 55 heavy (non-hydrogen) atoms. The fourth-order valence-corrected chi connectivity index (χ4v) is 8.66. The van der Waals surface area contributed by atoms with Gasteiger partial charge in [0.05, 0.1) is 0 Å². The van der Waals surface area contributed by atoms with Crippen LogP contribution in [0, 0.1) is 0 Å². The van der Waals surface area contributed by atoms with E-state index in [0.29, 0.717) is 17.5 Å². The predicted octanol–water partition coefficient (Wildman–Crippen LogP) is 13.9. The molecule has 10 rings (SSSR count). The second-order valence-electron chi connectivity index (χ2n) is 13.6. The van der Waals surface area contributed by atoms with Crippen molar-refractivity contribution < 1.29 is 0 Å². The summed E-state index contributed by atoms with van der Waals surface area (Å²) in [6, 6.07) is 70.4. The van der Waals surface area contributed by atoms with E-state index in [1.54, 1.807) is 0 Å². The van der Waals surface area contributed by atoms with E-state index in [1.807, 2.05) is 29.5 Å². The highest BCUT2D eigenvalue weighted by Crippen LogP contribution is 2.41. The molecule has 8 aromatic carbocycles. The largest absolute Gasteiger partial charge is 0.208 e. The zero-order valence-corrected chi connectivity index (χ0v) is 30.6. The average Bonchev–Trinajstić information content (AvgIpc) is 3.66. The third-order valence-corrected chi connectivity index (χ3v) is 11.4. The SMILES string of the molecule is c1ccc(-c2ccc(-c3nc(-c4cccc(-c5cccc(-c6cccc7c6sc6ccccc67)c5)c4)nc(-c4ccccc4-c4ccccc4)n3)cc2)cc1. The minimum atomic E-state index is 0.628. The van der Waals surface area contributed by atoms with Crippen molar-refractivity contribution in [2.24, 2.45) is 0 Å². The molecule has 2 aromatic heterocycles. The fourth-order valence-electron chi connectivity index (χ4n) is 7.42. The van der Waals surface area contributed by atoms with E-state index in [-0.39, 0.29) is 0 Å². The van der Waals surface area contributed by atoms with Gasteiger partial charge in [0.15, 0.2) is 17.5 Å². The van der Waals surface area contributed by atoms with Crippen LogP contribution < -0.4 is 0 Å². The van der Waals surface area contributed by atoms with Gasteiger partial charge in [0, 0.05) is 36.9 Å². The highest BCUT2D eigenvalue weighted by atomic mass is 32.1. The van der Waals surface area contributed by atoms with Gasteiger partial charge >= 0.3 is 0 Å². The van der Waals surface area contributed by atoms with Gasteiger partial charge in [0.2, 0.25) is 0 Å². The van der Waals surface area contributed by atoms with Crippen molar-refractivity contribution in [1.82, 2.24) is 15.0 Å². The molecule has 0 N–H and O–H groups in total. The molecule has 0 atom stereocenters. The monoisotopic (exact) mass is 719 g/mol. The van der Waals surface area contributed by atoms with Crippen molar-refractivity contribution in [3.05, 3.63) is 200 Å². The lowest BCUT2D eigenvalue weighted by Crippen LogP contribution is -2.01. The molecule has 0 saturated heterocycles. The lowest BCUT2D eigenvalue weighted by Gasteiger charge is -2.13. The maximum Gasteiger partial charge on any atom is 0.164 e. The van der Waals surface area contributed by atoms with Gasteiger partial charge < -0.3 is 0 Å². The Morgan fingerprint density at radius 2 is 0.745 bits per heavy atom. The van der Waals surface area contributed by atoms with Gasteiger partial charge in [0.25, 0.3) is 0 Å². The summed E-state index contributed by atoms with van der Waals surface area (Å²) in [6.07, 6.45) is 0. The second-order valence-corrected chi connectivity index (χ2v) is 14.7. The topological polar surface area (TPSA) is 38.7 Å². The summed E-state index contributed by atoms with van der Waals surface area (Å²) in [5.74, 6) is 1.89. The first-order chi connectivity index (χ1) is 27.2. The van der Waals surface area contributed by atoms with Crippen molar-refractivity contribution in [1.29, 1.82) is 0 Å². The molecule has 4 heteroatoms. The molecule has 0 aliphatic rings. The maximum absolute atomic E-state index is 5.18. The predicted molar refractivity (Wildman–Crippen MR) is 231 cm³/mol. The number of aromatic nitrogens is 3. The summed E-state index contributed by atoms with van der Waals surface area (Å²) < 4.78 is 2.62. The molecule has 0 bridgehead atoms. The van der Waals surface area contributed by atoms with Crippen LogP contribution in [-0.4, -0.2) is 15.0 Å². The van der Waals surface area contributed by atoms with Gasteiger partial charge in [-0.25, -0.2) is 15.0 Å². The minimum absolute atomic E-state index is 0.628. The normalized spacial score (nSPS) is 11.3. The summed E-state index contributed by atoms with van der Waals surface area (Å²) >= 11 is 1.86. The Bertz CT molecular complexity index is 2970. The highest BCUT2D eigenvalue weighted by Gasteiger charge is 2.17. The number of hydrogen-bond acceptors (Lipinski definition) is 4. The van der Waals surface area contributed by atoms with Gasteiger partial charge in [-0.3, -0.25) is 0 Å². The lowest BCUT2D eigenvalue weighted by molar-refractivity contribution is 1.07. The fraction of sp³-hybridized carbons (Fsp3) is 0. The molecule has 0 radical (unpaired) electrons. The van der Waals surface area contributed by atoms with Crippen molar-refractivity contribution in [3.8, 4) is 78.7 Å². The Kier molecular flexibility index (Phi) is 8.36. The molecule has 0 unspecified atom stereocenters. The highest BCUT2D eigenvalue weighted by molar-refractivity contribution is 7.26. The quantitative estimate of drug-likeness (QED) is 0.165. The van der Waals surface area contributed by atoms with Crippen LogP contribution in [0.5, 0.6) is 0 Å². The second kappa shape index (κ2) is 14.1. The first-order valence-corrected chi connectivity index (χ1v) is 19.3. The van der Waals surface area contributed by atoms with Crippen molar-refractivity contribution in [3.63, 3.8) is 0 Å². The smallest absolute Gasteiger partial charge is 0.164 e. The van der Waals surface area contributed by atoms with Gasteiger partial charge in [0.1, 0.15) is 0 Å². The summed E-state index contributed by atoms with van der Waals surface area (Å²) in [5, 5.41) is 2.61. The maximum atomic E-state index is 5.18. The lowest BCUT2D eigenvalue weighted by atomic mass is 9.97. The zero-order chi connectivity index (χ0) is 36.6.